The van der Waals surface area contributed by atoms with Gasteiger partial charge < -0.3 is 15.4 Å². The number of likely N-dealkylation sites (tertiary alicyclic amines) is 1. The number of alkyl halides is 3. The maximum Gasteiger partial charge on any atom is 0.573 e. The summed E-state index contributed by atoms with van der Waals surface area (Å²) in [6, 6.07) is 5.24. The lowest BCUT2D eigenvalue weighted by Gasteiger charge is -2.39. The second-order valence-corrected chi connectivity index (χ2v) is 5.47. The first-order valence-corrected chi connectivity index (χ1v) is 7.19. The molecular weight excluding hydrogens is 297 g/mol. The second kappa shape index (κ2) is 6.56. The van der Waals surface area contributed by atoms with Gasteiger partial charge in [0.05, 0.1) is 5.56 Å². The van der Waals surface area contributed by atoms with E-state index in [1.54, 1.807) is 4.90 Å². The highest BCUT2D eigenvalue weighted by Crippen LogP contribution is 2.30. The number of piperidine rings is 1. The van der Waals surface area contributed by atoms with E-state index in [1.807, 2.05) is 6.92 Å². The summed E-state index contributed by atoms with van der Waals surface area (Å²) in [4.78, 5) is 14.2. The third-order valence-electron chi connectivity index (χ3n) is 3.96. The highest BCUT2D eigenvalue weighted by molar-refractivity contribution is 5.97. The Morgan fingerprint density at radius 3 is 2.73 bits per heavy atom. The van der Waals surface area contributed by atoms with Crippen molar-refractivity contribution in [1.82, 2.24) is 4.90 Å². The third-order valence-corrected chi connectivity index (χ3v) is 3.96. The quantitative estimate of drug-likeness (QED) is 0.933. The fourth-order valence-electron chi connectivity index (χ4n) is 2.87. The van der Waals surface area contributed by atoms with Crippen molar-refractivity contribution in [2.45, 2.75) is 32.2 Å². The first-order valence-electron chi connectivity index (χ1n) is 7.19. The van der Waals surface area contributed by atoms with Gasteiger partial charge in [-0.1, -0.05) is 19.1 Å². The van der Waals surface area contributed by atoms with Gasteiger partial charge in [0, 0.05) is 19.1 Å². The fraction of sp³-hybridized carbons (Fsp3) is 0.533. The summed E-state index contributed by atoms with van der Waals surface area (Å²) in [6.45, 7) is 2.77. The number of carbonyl (C=O) groups is 1. The van der Waals surface area contributed by atoms with Gasteiger partial charge in [0.2, 0.25) is 0 Å². The molecule has 4 nitrogen and oxygen atoms in total. The first kappa shape index (κ1) is 16.6. The molecule has 0 spiro atoms. The average Bonchev–Trinajstić information content (AvgIpc) is 2.45. The smallest absolute Gasteiger partial charge is 0.405 e. The Morgan fingerprint density at radius 1 is 1.41 bits per heavy atom. The van der Waals surface area contributed by atoms with E-state index in [4.69, 9.17) is 5.73 Å². The van der Waals surface area contributed by atoms with Crippen LogP contribution in [0.25, 0.3) is 0 Å². The van der Waals surface area contributed by atoms with Gasteiger partial charge in [-0.25, -0.2) is 0 Å². The van der Waals surface area contributed by atoms with Gasteiger partial charge in [-0.05, 0) is 30.9 Å². The van der Waals surface area contributed by atoms with Crippen LogP contribution in [0.5, 0.6) is 5.75 Å². The summed E-state index contributed by atoms with van der Waals surface area (Å²) in [7, 11) is 0. The molecule has 1 aromatic rings. The molecule has 1 amide bonds. The maximum atomic E-state index is 12.6. The Bertz CT molecular complexity index is 534. The van der Waals surface area contributed by atoms with Crippen molar-refractivity contribution in [3.8, 4) is 5.75 Å². The molecule has 0 bridgehead atoms. The summed E-state index contributed by atoms with van der Waals surface area (Å²) in [5, 5.41) is 0. The number of nitrogens with zero attached hydrogens (tertiary/aromatic N) is 1. The molecule has 2 rings (SSSR count). The largest absolute Gasteiger partial charge is 0.573 e. The predicted octanol–water partition coefficient (Wildman–Crippen LogP) is 2.78. The number of para-hydroxylation sites is 1. The minimum absolute atomic E-state index is 0.0904. The van der Waals surface area contributed by atoms with Crippen LogP contribution in [-0.4, -0.2) is 36.3 Å². The SMILES string of the molecule is CC1CCCN(C(=O)c2ccccc2OC(F)(F)F)C1CN. The second-order valence-electron chi connectivity index (χ2n) is 5.47. The topological polar surface area (TPSA) is 55.6 Å². The summed E-state index contributed by atoms with van der Waals surface area (Å²) >= 11 is 0. The Hall–Kier alpha value is -1.76. The van der Waals surface area contributed by atoms with Crippen LogP contribution in [-0.2, 0) is 0 Å². The van der Waals surface area contributed by atoms with E-state index in [2.05, 4.69) is 4.74 Å². The van der Waals surface area contributed by atoms with Crippen molar-refractivity contribution in [3.05, 3.63) is 29.8 Å². The van der Waals surface area contributed by atoms with Gasteiger partial charge in [-0.15, -0.1) is 13.2 Å². The maximum absolute atomic E-state index is 12.6. The van der Waals surface area contributed by atoms with Crippen LogP contribution in [0.2, 0.25) is 0 Å². The predicted molar refractivity (Wildman–Crippen MR) is 75.4 cm³/mol. The number of hydrogen-bond acceptors (Lipinski definition) is 3. The standard InChI is InChI=1S/C15H19F3N2O2/c1-10-5-4-8-20(12(10)9-19)14(21)11-6-2-3-7-13(11)22-15(16,17)18/h2-3,6-7,10,12H,4-5,8-9,19H2,1H3. The average molecular weight is 316 g/mol. The molecule has 0 radical (unpaired) electrons. The zero-order valence-electron chi connectivity index (χ0n) is 12.3. The summed E-state index contributed by atoms with van der Waals surface area (Å²) in [6.07, 6.45) is -3.07. The lowest BCUT2D eigenvalue weighted by atomic mass is 9.90. The van der Waals surface area contributed by atoms with E-state index in [9.17, 15) is 18.0 Å². The van der Waals surface area contributed by atoms with Crippen LogP contribution in [0.3, 0.4) is 0 Å². The van der Waals surface area contributed by atoms with E-state index in [1.165, 1.54) is 18.2 Å². The molecule has 22 heavy (non-hydrogen) atoms. The van der Waals surface area contributed by atoms with Crippen molar-refractivity contribution >= 4 is 5.91 Å². The zero-order valence-corrected chi connectivity index (χ0v) is 12.3. The number of hydrogen-bond donors (Lipinski definition) is 1. The van der Waals surface area contributed by atoms with Crippen molar-refractivity contribution < 1.29 is 22.7 Å². The molecule has 7 heteroatoms. The van der Waals surface area contributed by atoms with E-state index in [0.29, 0.717) is 6.54 Å². The number of nitrogens with two attached hydrogens (primary N) is 1. The lowest BCUT2D eigenvalue weighted by molar-refractivity contribution is -0.274. The third kappa shape index (κ3) is 3.71. The van der Waals surface area contributed by atoms with Gasteiger partial charge in [0.25, 0.3) is 5.91 Å². The van der Waals surface area contributed by atoms with Crippen LogP contribution in [0.1, 0.15) is 30.1 Å². The molecule has 122 valence electrons. The van der Waals surface area contributed by atoms with Gasteiger partial charge in [0.15, 0.2) is 0 Å². The minimum Gasteiger partial charge on any atom is -0.405 e. The minimum atomic E-state index is -4.83. The van der Waals surface area contributed by atoms with Crippen LogP contribution in [0.4, 0.5) is 13.2 Å². The number of amides is 1. The number of benzene rings is 1. The Kier molecular flexibility index (Phi) is 4.95. The summed E-state index contributed by atoms with van der Waals surface area (Å²) in [5.74, 6) is -0.728. The number of halogens is 3. The zero-order chi connectivity index (χ0) is 16.3. The molecule has 2 N–H and O–H groups in total. The lowest BCUT2D eigenvalue weighted by Crippen LogP contribution is -2.51. The van der Waals surface area contributed by atoms with E-state index < -0.39 is 18.0 Å². The highest BCUT2D eigenvalue weighted by Gasteiger charge is 2.36. The fourth-order valence-corrected chi connectivity index (χ4v) is 2.87. The molecule has 0 aromatic heterocycles. The molecule has 1 fully saturated rings. The van der Waals surface area contributed by atoms with Crippen LogP contribution < -0.4 is 10.5 Å². The van der Waals surface area contributed by atoms with Crippen LogP contribution in [0, 0.1) is 5.92 Å². The molecule has 1 aliphatic rings. The monoisotopic (exact) mass is 316 g/mol. The van der Waals surface area contributed by atoms with Crippen LogP contribution in [0.15, 0.2) is 24.3 Å². The molecular formula is C15H19F3N2O2. The molecule has 1 aromatic carbocycles. The van der Waals surface area contributed by atoms with E-state index in [-0.39, 0.29) is 24.1 Å². The molecule has 1 heterocycles. The summed E-state index contributed by atoms with van der Waals surface area (Å²) < 4.78 is 41.4. The number of ether oxygens (including phenoxy) is 1. The number of rotatable bonds is 3. The normalized spacial score (nSPS) is 22.5. The first-order chi connectivity index (χ1) is 10.3. The van der Waals surface area contributed by atoms with Gasteiger partial charge >= 0.3 is 6.36 Å². The molecule has 0 aliphatic carbocycles. The summed E-state index contributed by atoms with van der Waals surface area (Å²) in [5.41, 5.74) is 5.64. The van der Waals surface area contributed by atoms with Crippen molar-refractivity contribution in [3.63, 3.8) is 0 Å². The molecule has 2 unspecified atom stereocenters. The van der Waals surface area contributed by atoms with Gasteiger partial charge in [-0.2, -0.15) is 0 Å². The molecule has 2 atom stereocenters. The molecule has 0 saturated carbocycles. The van der Waals surface area contributed by atoms with Crippen molar-refractivity contribution in [2.24, 2.45) is 11.7 Å². The highest BCUT2D eigenvalue weighted by atomic mass is 19.4. The molecule has 1 saturated heterocycles. The Balaban J connectivity index is 2.29. The molecule has 1 aliphatic heterocycles. The van der Waals surface area contributed by atoms with Crippen molar-refractivity contribution in [2.75, 3.05) is 13.1 Å². The van der Waals surface area contributed by atoms with Crippen molar-refractivity contribution in [1.29, 1.82) is 0 Å². The van der Waals surface area contributed by atoms with Gasteiger partial charge in [-0.3, -0.25) is 4.79 Å². The van der Waals surface area contributed by atoms with Gasteiger partial charge in [0.1, 0.15) is 5.75 Å². The number of carbonyl (C=O) groups excluding carboxylic acids is 1. The van der Waals surface area contributed by atoms with E-state index in [0.717, 1.165) is 18.9 Å². The van der Waals surface area contributed by atoms with E-state index >= 15 is 0 Å². The Morgan fingerprint density at radius 2 is 2.09 bits per heavy atom. The Labute approximate surface area is 127 Å². The van der Waals surface area contributed by atoms with Crippen LogP contribution >= 0.6 is 0 Å².